The molecule has 0 saturated carbocycles. The molecule has 0 bridgehead atoms. The van der Waals surface area contributed by atoms with Gasteiger partial charge in [-0.2, -0.15) is 0 Å². The third-order valence-corrected chi connectivity index (χ3v) is 3.84. The summed E-state index contributed by atoms with van der Waals surface area (Å²) in [5.41, 5.74) is 0.953. The maximum absolute atomic E-state index is 13.0. The van der Waals surface area contributed by atoms with E-state index in [0.29, 0.717) is 17.7 Å². The Kier molecular flexibility index (Phi) is 7.29. The number of benzene rings is 2. The minimum absolute atomic E-state index is 0.0238. The summed E-state index contributed by atoms with van der Waals surface area (Å²) in [5.74, 6) is -1.38. The lowest BCUT2D eigenvalue weighted by atomic mass is 10.1. The maximum atomic E-state index is 13.0. The van der Waals surface area contributed by atoms with E-state index in [1.54, 1.807) is 24.3 Å². The highest BCUT2D eigenvalue weighted by Gasteiger charge is 2.09. The van der Waals surface area contributed by atoms with E-state index >= 15 is 0 Å². The van der Waals surface area contributed by atoms with Gasteiger partial charge in [-0.15, -0.1) is 0 Å². The van der Waals surface area contributed by atoms with Crippen molar-refractivity contribution in [2.75, 3.05) is 11.9 Å². The molecule has 7 heteroatoms. The van der Waals surface area contributed by atoms with E-state index in [4.69, 9.17) is 11.6 Å². The zero-order chi connectivity index (χ0) is 18.9. The molecule has 136 valence electrons. The number of hydrogen-bond donors (Lipinski definition) is 2. The zero-order valence-electron chi connectivity index (χ0n) is 13.9. The number of Topliss-reactive ketones (excluding diaryl/α,β-unsaturated/α-hetero) is 1. The van der Waals surface area contributed by atoms with Crippen LogP contribution in [-0.4, -0.2) is 24.1 Å². The van der Waals surface area contributed by atoms with Crippen LogP contribution in [0.1, 0.15) is 29.6 Å². The SMILES string of the molecule is O=C(CCCC(=O)c1ccccc1)NCC(=O)Nc1ccc(F)c(Cl)c1. The largest absolute Gasteiger partial charge is 0.347 e. The molecular formula is C19H18ClFN2O3. The van der Waals surface area contributed by atoms with Gasteiger partial charge in [0.05, 0.1) is 11.6 Å². The second-order valence-electron chi connectivity index (χ2n) is 5.60. The fourth-order valence-electron chi connectivity index (χ4n) is 2.22. The summed E-state index contributed by atoms with van der Waals surface area (Å²) < 4.78 is 13.0. The van der Waals surface area contributed by atoms with E-state index in [2.05, 4.69) is 10.6 Å². The molecule has 0 spiro atoms. The molecular weight excluding hydrogens is 359 g/mol. The first-order chi connectivity index (χ1) is 12.5. The number of carbonyl (C=O) groups is 3. The number of nitrogens with one attached hydrogen (secondary N) is 2. The van der Waals surface area contributed by atoms with Gasteiger partial charge in [0, 0.05) is 24.1 Å². The number of anilines is 1. The quantitative estimate of drug-likeness (QED) is 0.691. The van der Waals surface area contributed by atoms with Crippen LogP contribution in [0.2, 0.25) is 5.02 Å². The minimum atomic E-state index is -0.581. The van der Waals surface area contributed by atoms with Gasteiger partial charge in [-0.25, -0.2) is 4.39 Å². The van der Waals surface area contributed by atoms with Gasteiger partial charge in [0.2, 0.25) is 11.8 Å². The molecule has 2 N–H and O–H groups in total. The summed E-state index contributed by atoms with van der Waals surface area (Å²) in [5, 5.41) is 4.87. The summed E-state index contributed by atoms with van der Waals surface area (Å²) in [6.07, 6.45) is 0.806. The van der Waals surface area contributed by atoms with Crippen molar-refractivity contribution in [3.05, 3.63) is 64.9 Å². The molecule has 0 saturated heterocycles. The summed E-state index contributed by atoms with van der Waals surface area (Å²) in [6, 6.07) is 12.7. The number of carbonyl (C=O) groups excluding carboxylic acids is 3. The molecule has 2 amide bonds. The molecule has 5 nitrogen and oxygen atoms in total. The summed E-state index contributed by atoms with van der Waals surface area (Å²) in [4.78, 5) is 35.4. The lowest BCUT2D eigenvalue weighted by Gasteiger charge is -2.07. The average molecular weight is 377 g/mol. The topological polar surface area (TPSA) is 75.3 Å². The molecule has 26 heavy (non-hydrogen) atoms. The van der Waals surface area contributed by atoms with Crippen LogP contribution in [0.3, 0.4) is 0 Å². The van der Waals surface area contributed by atoms with Crippen LogP contribution in [-0.2, 0) is 9.59 Å². The van der Waals surface area contributed by atoms with E-state index in [-0.39, 0.29) is 36.1 Å². The van der Waals surface area contributed by atoms with Crippen molar-refractivity contribution in [2.24, 2.45) is 0 Å². The fourth-order valence-corrected chi connectivity index (χ4v) is 2.40. The molecule has 0 aliphatic rings. The maximum Gasteiger partial charge on any atom is 0.243 e. The Hall–Kier alpha value is -2.73. The van der Waals surface area contributed by atoms with E-state index in [1.165, 1.54) is 12.1 Å². The normalized spacial score (nSPS) is 10.2. The molecule has 0 atom stereocenters. The van der Waals surface area contributed by atoms with Crippen molar-refractivity contribution in [1.82, 2.24) is 5.32 Å². The predicted octanol–water partition coefficient (Wildman–Crippen LogP) is 3.59. The first kappa shape index (κ1) is 19.6. The van der Waals surface area contributed by atoms with Crippen LogP contribution in [0.5, 0.6) is 0 Å². The fraction of sp³-hybridized carbons (Fsp3) is 0.211. The van der Waals surface area contributed by atoms with E-state index in [9.17, 15) is 18.8 Å². The van der Waals surface area contributed by atoms with Crippen molar-refractivity contribution in [2.45, 2.75) is 19.3 Å². The number of amides is 2. The van der Waals surface area contributed by atoms with Crippen molar-refractivity contribution in [3.63, 3.8) is 0 Å². The van der Waals surface area contributed by atoms with Gasteiger partial charge >= 0.3 is 0 Å². The molecule has 2 aromatic rings. The number of rotatable bonds is 8. The Balaban J connectivity index is 1.67. The smallest absolute Gasteiger partial charge is 0.243 e. The van der Waals surface area contributed by atoms with E-state index in [1.807, 2.05) is 6.07 Å². The zero-order valence-corrected chi connectivity index (χ0v) is 14.7. The molecule has 0 heterocycles. The van der Waals surface area contributed by atoms with Gasteiger partial charge in [0.1, 0.15) is 5.82 Å². The van der Waals surface area contributed by atoms with Crippen molar-refractivity contribution >= 4 is 34.9 Å². The second-order valence-corrected chi connectivity index (χ2v) is 6.00. The monoisotopic (exact) mass is 376 g/mol. The lowest BCUT2D eigenvalue weighted by molar-refractivity contribution is -0.124. The molecule has 0 fully saturated rings. The summed E-state index contributed by atoms with van der Waals surface area (Å²) in [7, 11) is 0. The molecule has 0 unspecified atom stereocenters. The number of ketones is 1. The van der Waals surface area contributed by atoms with Crippen LogP contribution in [0.15, 0.2) is 48.5 Å². The molecule has 0 radical (unpaired) electrons. The van der Waals surface area contributed by atoms with Crippen LogP contribution < -0.4 is 10.6 Å². The molecule has 0 aliphatic carbocycles. The van der Waals surface area contributed by atoms with Crippen LogP contribution >= 0.6 is 11.6 Å². The highest BCUT2D eigenvalue weighted by Crippen LogP contribution is 2.19. The van der Waals surface area contributed by atoms with Crippen LogP contribution in [0.4, 0.5) is 10.1 Å². The van der Waals surface area contributed by atoms with E-state index in [0.717, 1.165) is 6.07 Å². The lowest BCUT2D eigenvalue weighted by Crippen LogP contribution is -2.32. The Bertz CT molecular complexity index is 797. The third kappa shape index (κ3) is 6.29. The van der Waals surface area contributed by atoms with Gasteiger partial charge in [-0.05, 0) is 24.6 Å². The number of halogens is 2. The first-order valence-corrected chi connectivity index (χ1v) is 8.43. The van der Waals surface area contributed by atoms with E-state index < -0.39 is 11.7 Å². The summed E-state index contributed by atoms with van der Waals surface area (Å²) >= 11 is 5.63. The molecule has 2 aromatic carbocycles. The molecule has 2 rings (SSSR count). The molecule has 0 aromatic heterocycles. The highest BCUT2D eigenvalue weighted by atomic mass is 35.5. The number of hydrogen-bond acceptors (Lipinski definition) is 3. The van der Waals surface area contributed by atoms with Gasteiger partial charge in [0.15, 0.2) is 5.78 Å². The van der Waals surface area contributed by atoms with Crippen molar-refractivity contribution in [1.29, 1.82) is 0 Å². The van der Waals surface area contributed by atoms with Gasteiger partial charge in [-0.1, -0.05) is 41.9 Å². The van der Waals surface area contributed by atoms with Gasteiger partial charge in [-0.3, -0.25) is 14.4 Å². The van der Waals surface area contributed by atoms with Crippen molar-refractivity contribution < 1.29 is 18.8 Å². The Morgan fingerprint density at radius 2 is 1.69 bits per heavy atom. The Labute approximate surface area is 155 Å². The first-order valence-electron chi connectivity index (χ1n) is 8.05. The van der Waals surface area contributed by atoms with Crippen LogP contribution in [0, 0.1) is 5.82 Å². The molecule has 0 aliphatic heterocycles. The average Bonchev–Trinajstić information content (AvgIpc) is 2.63. The predicted molar refractivity (Wildman–Crippen MR) is 97.7 cm³/mol. The highest BCUT2D eigenvalue weighted by molar-refractivity contribution is 6.31. The second kappa shape index (κ2) is 9.68. The van der Waals surface area contributed by atoms with Crippen LogP contribution in [0.25, 0.3) is 0 Å². The Morgan fingerprint density at radius 3 is 2.38 bits per heavy atom. The van der Waals surface area contributed by atoms with Crippen molar-refractivity contribution in [3.8, 4) is 0 Å². The van der Waals surface area contributed by atoms with Gasteiger partial charge < -0.3 is 10.6 Å². The third-order valence-electron chi connectivity index (χ3n) is 3.55. The standard InChI is InChI=1S/C19H18ClFN2O3/c20-15-11-14(9-10-16(15)21)23-19(26)12-22-18(25)8-4-7-17(24)13-5-2-1-3-6-13/h1-3,5-6,9-11H,4,7-8,12H2,(H,22,25)(H,23,26). The Morgan fingerprint density at radius 1 is 0.962 bits per heavy atom. The van der Waals surface area contributed by atoms with Gasteiger partial charge in [0.25, 0.3) is 0 Å². The minimum Gasteiger partial charge on any atom is -0.347 e. The summed E-state index contributed by atoms with van der Waals surface area (Å²) in [6.45, 7) is -0.222.